The maximum atomic E-state index is 13.1. The predicted octanol–water partition coefficient (Wildman–Crippen LogP) is 4.91. The van der Waals surface area contributed by atoms with Gasteiger partial charge in [0.1, 0.15) is 17.5 Å². The number of likely N-dealkylation sites (tertiary alicyclic amines) is 1. The van der Waals surface area contributed by atoms with Gasteiger partial charge in [-0.25, -0.2) is 13.2 Å². The number of rotatable bonds is 8. The molecule has 0 saturated carbocycles. The molecule has 3 aromatic rings. The molecule has 0 atom stereocenters. The summed E-state index contributed by atoms with van der Waals surface area (Å²) in [6.07, 6.45) is 0.771. The second-order valence-corrected chi connectivity index (χ2v) is 12.8. The number of aliphatic carboxylic acids is 1. The molecule has 0 bridgehead atoms. The quantitative estimate of drug-likeness (QED) is 0.397. The molecule has 1 fully saturated rings. The summed E-state index contributed by atoms with van der Waals surface area (Å²) < 4.78 is 38.8. The average molecular weight is 580 g/mol. The predicted molar refractivity (Wildman–Crippen MR) is 154 cm³/mol. The van der Waals surface area contributed by atoms with Crippen molar-refractivity contribution in [3.63, 3.8) is 0 Å². The number of ether oxygens (including phenoxy) is 2. The van der Waals surface area contributed by atoms with Crippen molar-refractivity contribution >= 4 is 38.5 Å². The molecule has 0 radical (unpaired) electrons. The number of carbonyl (C=O) groups is 2. The van der Waals surface area contributed by atoms with E-state index in [1.807, 2.05) is 32.9 Å². The Kier molecular flexibility index (Phi) is 8.73. The first-order chi connectivity index (χ1) is 19.3. The normalized spacial score (nSPS) is 14.3. The summed E-state index contributed by atoms with van der Waals surface area (Å²) in [4.78, 5) is 25.3. The van der Waals surface area contributed by atoms with Crippen LogP contribution in [0.1, 0.15) is 44.7 Å². The molecule has 3 aromatic carbocycles. The summed E-state index contributed by atoms with van der Waals surface area (Å²) in [5.74, 6) is -1.98. The van der Waals surface area contributed by atoms with Crippen LogP contribution in [0.3, 0.4) is 0 Å². The first-order valence-electron chi connectivity index (χ1n) is 13.2. The maximum absolute atomic E-state index is 13.1. The van der Waals surface area contributed by atoms with Crippen molar-refractivity contribution in [1.82, 2.24) is 4.90 Å². The number of sulfonamides is 1. The Balaban J connectivity index is 1.48. The molecule has 0 aromatic heterocycles. The first kappa shape index (κ1) is 29.7. The summed E-state index contributed by atoms with van der Waals surface area (Å²) in [5.41, 5.74) is 0.853. The fourth-order valence-electron chi connectivity index (χ4n) is 4.58. The molecule has 4 rings (SSSR count). The summed E-state index contributed by atoms with van der Waals surface area (Å²) in [5, 5.41) is 20.2. The number of anilines is 1. The van der Waals surface area contributed by atoms with Crippen molar-refractivity contribution < 1.29 is 32.6 Å². The SMILES string of the molecule is CC(C)(C)OC(=O)N1CCC(Oc2ccc(N(Cc3ccc4ccc(C#N)cc4c3)S(=O)(=O)CC(=O)O)cc2)CC1. The van der Waals surface area contributed by atoms with Gasteiger partial charge >= 0.3 is 12.1 Å². The molecule has 1 amide bonds. The molecule has 1 aliphatic rings. The van der Waals surface area contributed by atoms with Gasteiger partial charge in [0.25, 0.3) is 0 Å². The Hall–Kier alpha value is -4.30. The highest BCUT2D eigenvalue weighted by Gasteiger charge is 2.29. The molecule has 0 unspecified atom stereocenters. The molecule has 0 spiro atoms. The molecule has 11 heteroatoms. The first-order valence-corrected chi connectivity index (χ1v) is 14.8. The molecule has 0 aliphatic carbocycles. The molecule has 10 nitrogen and oxygen atoms in total. The van der Waals surface area contributed by atoms with E-state index < -0.39 is 27.3 Å². The van der Waals surface area contributed by atoms with Crippen molar-refractivity contribution in [3.8, 4) is 11.8 Å². The Labute approximate surface area is 239 Å². The van der Waals surface area contributed by atoms with Crippen molar-refractivity contribution in [3.05, 3.63) is 71.8 Å². The third kappa shape index (κ3) is 7.89. The lowest BCUT2D eigenvalue weighted by molar-refractivity contribution is -0.134. The number of nitrogens with zero attached hydrogens (tertiary/aromatic N) is 3. The smallest absolute Gasteiger partial charge is 0.410 e. The van der Waals surface area contributed by atoms with Crippen LogP contribution in [-0.2, 0) is 26.1 Å². The van der Waals surface area contributed by atoms with E-state index in [-0.39, 0.29) is 18.7 Å². The Bertz CT molecular complexity index is 1570. The van der Waals surface area contributed by atoms with Crippen molar-refractivity contribution in [2.24, 2.45) is 0 Å². The number of nitriles is 1. The summed E-state index contributed by atoms with van der Waals surface area (Å²) in [6, 6.07) is 19.2. The van der Waals surface area contributed by atoms with Gasteiger partial charge in [-0.2, -0.15) is 5.26 Å². The number of amides is 1. The summed E-state index contributed by atoms with van der Waals surface area (Å²) in [6.45, 7) is 6.38. The molecular formula is C30H33N3O7S. The molecule has 1 heterocycles. The topological polar surface area (TPSA) is 137 Å². The van der Waals surface area contributed by atoms with Crippen LogP contribution in [0.2, 0.25) is 0 Å². The number of hydrogen-bond acceptors (Lipinski definition) is 7. The average Bonchev–Trinajstić information content (AvgIpc) is 2.90. The van der Waals surface area contributed by atoms with E-state index in [1.54, 1.807) is 53.4 Å². The van der Waals surface area contributed by atoms with Crippen molar-refractivity contribution in [2.75, 3.05) is 23.1 Å². The van der Waals surface area contributed by atoms with Crippen LogP contribution >= 0.6 is 0 Å². The van der Waals surface area contributed by atoms with Gasteiger partial charge in [0.15, 0.2) is 5.75 Å². The molecule has 1 N–H and O–H groups in total. The standard InChI is InChI=1S/C30H33N3O7S/c1-30(2,3)40-29(36)32-14-12-27(13-15-32)39-26-10-8-25(9-11-26)33(41(37,38)20-28(34)35)19-22-5-7-23-6-4-21(18-31)16-24(23)17-22/h4-11,16-17,27H,12-15,19-20H2,1-3H3,(H,34,35). The summed E-state index contributed by atoms with van der Waals surface area (Å²) >= 11 is 0. The van der Waals surface area contributed by atoms with Crippen LogP contribution in [0, 0.1) is 11.3 Å². The number of carboxylic acids is 1. The van der Waals surface area contributed by atoms with E-state index >= 15 is 0 Å². The van der Waals surface area contributed by atoms with E-state index in [2.05, 4.69) is 6.07 Å². The highest BCUT2D eigenvalue weighted by Crippen LogP contribution is 2.28. The van der Waals surface area contributed by atoms with Crippen molar-refractivity contribution in [1.29, 1.82) is 5.26 Å². The van der Waals surface area contributed by atoms with Crippen LogP contribution in [0.25, 0.3) is 10.8 Å². The molecular weight excluding hydrogens is 546 g/mol. The minimum Gasteiger partial charge on any atom is -0.490 e. The Morgan fingerprint density at radius 1 is 1.02 bits per heavy atom. The number of carbonyl (C=O) groups excluding carboxylic acids is 1. The lowest BCUT2D eigenvalue weighted by Crippen LogP contribution is -2.44. The van der Waals surface area contributed by atoms with E-state index in [0.717, 1.165) is 15.1 Å². The summed E-state index contributed by atoms with van der Waals surface area (Å²) in [7, 11) is -4.22. The zero-order valence-electron chi connectivity index (χ0n) is 23.2. The largest absolute Gasteiger partial charge is 0.490 e. The minimum absolute atomic E-state index is 0.0916. The van der Waals surface area contributed by atoms with Gasteiger partial charge in [-0.15, -0.1) is 0 Å². The van der Waals surface area contributed by atoms with Crippen LogP contribution in [0.15, 0.2) is 60.7 Å². The van der Waals surface area contributed by atoms with E-state index in [1.165, 1.54) is 0 Å². The highest BCUT2D eigenvalue weighted by atomic mass is 32.2. The van der Waals surface area contributed by atoms with Gasteiger partial charge in [-0.3, -0.25) is 9.10 Å². The Morgan fingerprint density at radius 2 is 1.68 bits per heavy atom. The number of fused-ring (bicyclic) bond motifs is 1. The molecule has 1 saturated heterocycles. The molecule has 41 heavy (non-hydrogen) atoms. The number of benzene rings is 3. The van der Waals surface area contributed by atoms with Gasteiger partial charge in [-0.1, -0.05) is 18.2 Å². The number of hydrogen-bond donors (Lipinski definition) is 1. The monoisotopic (exact) mass is 579 g/mol. The molecule has 1 aliphatic heterocycles. The van der Waals surface area contributed by atoms with Gasteiger partial charge < -0.3 is 19.5 Å². The van der Waals surface area contributed by atoms with Crippen LogP contribution in [-0.4, -0.2) is 61.0 Å². The molecule has 216 valence electrons. The van der Waals surface area contributed by atoms with Crippen LogP contribution < -0.4 is 9.04 Å². The number of piperidine rings is 1. The van der Waals surface area contributed by atoms with Gasteiger partial charge in [0.2, 0.25) is 10.0 Å². The second kappa shape index (κ2) is 12.1. The van der Waals surface area contributed by atoms with Crippen LogP contribution in [0.4, 0.5) is 10.5 Å². The van der Waals surface area contributed by atoms with E-state index in [0.29, 0.717) is 48.5 Å². The van der Waals surface area contributed by atoms with E-state index in [9.17, 15) is 28.4 Å². The van der Waals surface area contributed by atoms with Gasteiger partial charge in [-0.05, 0) is 79.6 Å². The lowest BCUT2D eigenvalue weighted by atomic mass is 10.0. The minimum atomic E-state index is -4.22. The zero-order chi connectivity index (χ0) is 29.8. The van der Waals surface area contributed by atoms with Crippen LogP contribution in [0.5, 0.6) is 5.75 Å². The third-order valence-corrected chi connectivity index (χ3v) is 8.15. The number of carboxylic acid groups (broad SMARTS) is 1. The fourth-order valence-corrected chi connectivity index (χ4v) is 5.84. The fraction of sp³-hybridized carbons (Fsp3) is 0.367. The van der Waals surface area contributed by atoms with Crippen molar-refractivity contribution in [2.45, 2.75) is 51.9 Å². The highest BCUT2D eigenvalue weighted by molar-refractivity contribution is 7.93. The van der Waals surface area contributed by atoms with Gasteiger partial charge in [0, 0.05) is 25.9 Å². The Morgan fingerprint density at radius 3 is 2.29 bits per heavy atom. The zero-order valence-corrected chi connectivity index (χ0v) is 24.1. The second-order valence-electron chi connectivity index (χ2n) is 10.9. The maximum Gasteiger partial charge on any atom is 0.410 e. The third-order valence-electron chi connectivity index (χ3n) is 6.52. The van der Waals surface area contributed by atoms with Gasteiger partial charge in [0.05, 0.1) is 23.9 Å². The van der Waals surface area contributed by atoms with E-state index in [4.69, 9.17) is 9.47 Å². The lowest BCUT2D eigenvalue weighted by Gasteiger charge is -2.33.